The Morgan fingerprint density at radius 3 is 2.77 bits per heavy atom. The van der Waals surface area contributed by atoms with Crippen LogP contribution in [0.15, 0.2) is 47.4 Å². The van der Waals surface area contributed by atoms with Crippen LogP contribution in [0.5, 0.6) is 5.75 Å². The summed E-state index contributed by atoms with van der Waals surface area (Å²) in [6.07, 6.45) is 0.417. The Hall–Kier alpha value is -1.63. The number of halogens is 2. The monoisotopic (exact) mass is 341 g/mol. The van der Waals surface area contributed by atoms with Crippen LogP contribution in [0.3, 0.4) is 0 Å². The first-order valence-electron chi connectivity index (χ1n) is 6.66. The van der Waals surface area contributed by atoms with Gasteiger partial charge >= 0.3 is 0 Å². The van der Waals surface area contributed by atoms with Crippen LogP contribution in [-0.2, 0) is 10.0 Å². The van der Waals surface area contributed by atoms with Crippen molar-refractivity contribution in [2.75, 3.05) is 6.61 Å². The molecule has 0 aromatic heterocycles. The fourth-order valence-electron chi connectivity index (χ4n) is 2.40. The van der Waals surface area contributed by atoms with E-state index >= 15 is 0 Å². The molecule has 0 bridgehead atoms. The van der Waals surface area contributed by atoms with Gasteiger partial charge in [0, 0.05) is 12.0 Å². The molecule has 2 aromatic rings. The van der Waals surface area contributed by atoms with Crippen LogP contribution in [0, 0.1) is 5.82 Å². The standard InChI is InChI=1S/C15H13ClFNO3S/c16-12-3-1-2-4-15(12)22(19,20)18-13-7-8-21-14-6-5-10(17)9-11(13)14/h1-6,9,13,18H,7-8H2. The van der Waals surface area contributed by atoms with Gasteiger partial charge in [0.2, 0.25) is 10.0 Å². The lowest BCUT2D eigenvalue weighted by Gasteiger charge is -2.26. The first-order chi connectivity index (χ1) is 10.5. The first kappa shape index (κ1) is 15.3. The number of sulfonamides is 1. The predicted molar refractivity (Wildman–Crippen MR) is 81.0 cm³/mol. The second-order valence-corrected chi connectivity index (χ2v) is 7.01. The number of rotatable bonds is 3. The molecule has 1 unspecified atom stereocenters. The molecule has 1 heterocycles. The van der Waals surface area contributed by atoms with Crippen molar-refractivity contribution in [1.29, 1.82) is 0 Å². The molecule has 22 heavy (non-hydrogen) atoms. The minimum absolute atomic E-state index is 0.00103. The highest BCUT2D eigenvalue weighted by Gasteiger charge is 2.28. The minimum Gasteiger partial charge on any atom is -0.493 e. The fraction of sp³-hybridized carbons (Fsp3) is 0.200. The lowest BCUT2D eigenvalue weighted by Crippen LogP contribution is -2.32. The zero-order valence-electron chi connectivity index (χ0n) is 11.4. The third-order valence-corrected chi connectivity index (χ3v) is 5.41. The third kappa shape index (κ3) is 2.95. The second-order valence-electron chi connectivity index (χ2n) is 4.92. The summed E-state index contributed by atoms with van der Waals surface area (Å²) >= 11 is 5.95. The van der Waals surface area contributed by atoms with Gasteiger partial charge in [0.1, 0.15) is 16.5 Å². The highest BCUT2D eigenvalue weighted by molar-refractivity contribution is 7.89. The van der Waals surface area contributed by atoms with Gasteiger partial charge in [-0.15, -0.1) is 0 Å². The number of ether oxygens (including phenoxy) is 1. The maximum atomic E-state index is 13.4. The molecular formula is C15H13ClFNO3S. The summed E-state index contributed by atoms with van der Waals surface area (Å²) in [5.74, 6) is 0.0469. The summed E-state index contributed by atoms with van der Waals surface area (Å²) in [5.41, 5.74) is 0.488. The molecule has 1 aliphatic heterocycles. The van der Waals surface area contributed by atoms with E-state index in [2.05, 4.69) is 4.72 Å². The van der Waals surface area contributed by atoms with E-state index in [9.17, 15) is 12.8 Å². The smallest absolute Gasteiger partial charge is 0.242 e. The molecule has 0 saturated heterocycles. The van der Waals surface area contributed by atoms with Crippen molar-refractivity contribution < 1.29 is 17.5 Å². The molecule has 0 amide bonds. The van der Waals surface area contributed by atoms with Gasteiger partial charge in [-0.25, -0.2) is 17.5 Å². The molecule has 0 radical (unpaired) electrons. The van der Waals surface area contributed by atoms with Gasteiger partial charge < -0.3 is 4.74 Å². The molecule has 2 aromatic carbocycles. The molecule has 3 rings (SSSR count). The number of fused-ring (bicyclic) bond motifs is 1. The fourth-order valence-corrected chi connectivity index (χ4v) is 4.17. The van der Waals surface area contributed by atoms with E-state index in [4.69, 9.17) is 16.3 Å². The highest BCUT2D eigenvalue weighted by atomic mass is 35.5. The van der Waals surface area contributed by atoms with Gasteiger partial charge in [-0.05, 0) is 30.3 Å². The van der Waals surface area contributed by atoms with Crippen molar-refractivity contribution in [3.05, 3.63) is 58.9 Å². The Kier molecular flexibility index (Phi) is 4.08. The SMILES string of the molecule is O=S(=O)(NC1CCOc2ccc(F)cc21)c1ccccc1Cl. The third-order valence-electron chi connectivity index (χ3n) is 3.43. The molecule has 0 fully saturated rings. The number of hydrogen-bond acceptors (Lipinski definition) is 3. The Bertz CT molecular complexity index is 810. The van der Waals surface area contributed by atoms with E-state index in [0.29, 0.717) is 24.3 Å². The highest BCUT2D eigenvalue weighted by Crippen LogP contribution is 2.34. The zero-order chi connectivity index (χ0) is 15.7. The Morgan fingerprint density at radius 1 is 1.23 bits per heavy atom. The topological polar surface area (TPSA) is 55.4 Å². The van der Waals surface area contributed by atoms with Crippen molar-refractivity contribution in [2.24, 2.45) is 0 Å². The molecule has 0 aliphatic carbocycles. The Labute approximate surface area is 132 Å². The van der Waals surface area contributed by atoms with Crippen molar-refractivity contribution in [2.45, 2.75) is 17.4 Å². The molecule has 7 heteroatoms. The molecule has 116 valence electrons. The van der Waals surface area contributed by atoms with E-state index in [1.165, 1.54) is 30.3 Å². The zero-order valence-corrected chi connectivity index (χ0v) is 13.0. The molecule has 0 saturated carbocycles. The molecule has 1 aliphatic rings. The molecule has 4 nitrogen and oxygen atoms in total. The van der Waals surface area contributed by atoms with Gasteiger partial charge in [0.15, 0.2) is 0 Å². The predicted octanol–water partition coefficient (Wildman–Crippen LogP) is 3.28. The van der Waals surface area contributed by atoms with Crippen molar-refractivity contribution in [3.8, 4) is 5.75 Å². The average Bonchev–Trinajstić information content (AvgIpc) is 2.48. The van der Waals surface area contributed by atoms with Gasteiger partial charge in [-0.3, -0.25) is 0 Å². The average molecular weight is 342 g/mol. The summed E-state index contributed by atoms with van der Waals surface area (Å²) in [5, 5.41) is 0.140. The molecule has 0 spiro atoms. The largest absolute Gasteiger partial charge is 0.493 e. The summed E-state index contributed by atoms with van der Waals surface area (Å²) in [7, 11) is -3.81. The van der Waals surface area contributed by atoms with E-state index < -0.39 is 21.9 Å². The second kappa shape index (κ2) is 5.87. The maximum absolute atomic E-state index is 13.4. The van der Waals surface area contributed by atoms with Crippen molar-refractivity contribution >= 4 is 21.6 Å². The van der Waals surface area contributed by atoms with Crippen LogP contribution in [0.1, 0.15) is 18.0 Å². The van der Waals surface area contributed by atoms with Crippen LogP contribution in [0.2, 0.25) is 5.02 Å². The van der Waals surface area contributed by atoms with Gasteiger partial charge in [0.05, 0.1) is 17.7 Å². The van der Waals surface area contributed by atoms with E-state index in [0.717, 1.165) is 0 Å². The molecular weight excluding hydrogens is 329 g/mol. The van der Waals surface area contributed by atoms with Gasteiger partial charge in [-0.1, -0.05) is 23.7 Å². The maximum Gasteiger partial charge on any atom is 0.242 e. The van der Waals surface area contributed by atoms with Crippen molar-refractivity contribution in [1.82, 2.24) is 4.72 Å². The summed E-state index contributed by atoms with van der Waals surface area (Å²) in [6, 6.07) is 9.70. The van der Waals surface area contributed by atoms with Crippen molar-refractivity contribution in [3.63, 3.8) is 0 Å². The normalized spacial score (nSPS) is 17.6. The molecule has 1 N–H and O–H groups in total. The summed E-state index contributed by atoms with van der Waals surface area (Å²) < 4.78 is 46.4. The lowest BCUT2D eigenvalue weighted by atomic mass is 10.0. The van der Waals surface area contributed by atoms with Crippen LogP contribution >= 0.6 is 11.6 Å². The van der Waals surface area contributed by atoms with Gasteiger partial charge in [0.25, 0.3) is 0 Å². The van der Waals surface area contributed by atoms with E-state index in [-0.39, 0.29) is 9.92 Å². The van der Waals surface area contributed by atoms with Crippen LogP contribution in [0.4, 0.5) is 4.39 Å². The Morgan fingerprint density at radius 2 is 2.00 bits per heavy atom. The quantitative estimate of drug-likeness (QED) is 0.932. The number of hydrogen-bond donors (Lipinski definition) is 1. The van der Waals surface area contributed by atoms with Crippen LogP contribution < -0.4 is 9.46 Å². The first-order valence-corrected chi connectivity index (χ1v) is 8.52. The van der Waals surface area contributed by atoms with E-state index in [1.54, 1.807) is 12.1 Å². The number of nitrogens with one attached hydrogen (secondary N) is 1. The van der Waals surface area contributed by atoms with E-state index in [1.807, 2.05) is 0 Å². The van der Waals surface area contributed by atoms with Crippen LogP contribution in [0.25, 0.3) is 0 Å². The summed E-state index contributed by atoms with van der Waals surface area (Å²) in [6.45, 7) is 0.355. The lowest BCUT2D eigenvalue weighted by molar-refractivity contribution is 0.262. The van der Waals surface area contributed by atoms with Crippen LogP contribution in [-0.4, -0.2) is 15.0 Å². The minimum atomic E-state index is -3.81. The Balaban J connectivity index is 1.95. The molecule has 1 atom stereocenters. The number of benzene rings is 2. The van der Waals surface area contributed by atoms with Gasteiger partial charge in [-0.2, -0.15) is 0 Å². The summed E-state index contributed by atoms with van der Waals surface area (Å²) in [4.78, 5) is 0.00103.